The van der Waals surface area contributed by atoms with Crippen LogP contribution in [0.4, 0.5) is 0 Å². The standard InChI is InChI=1S/C6H11ClO5/c7-3-4(9)2(1-8)12-6(11)5(3)10/h2-6,8-11H,1H2. The third-order valence-electron chi connectivity index (χ3n) is 1.82. The Morgan fingerprint density at radius 1 is 1.17 bits per heavy atom. The molecular formula is C6H11ClO5. The summed E-state index contributed by atoms with van der Waals surface area (Å²) in [4.78, 5) is 0. The Labute approximate surface area is 74.2 Å². The van der Waals surface area contributed by atoms with Crippen molar-refractivity contribution >= 4 is 11.6 Å². The van der Waals surface area contributed by atoms with E-state index in [0.29, 0.717) is 0 Å². The van der Waals surface area contributed by atoms with Gasteiger partial charge in [0.1, 0.15) is 18.3 Å². The minimum Gasteiger partial charge on any atom is -0.394 e. The molecular weight excluding hydrogens is 188 g/mol. The first kappa shape index (κ1) is 10.2. The van der Waals surface area contributed by atoms with Crippen LogP contribution in [0.15, 0.2) is 0 Å². The fourth-order valence-electron chi connectivity index (χ4n) is 1.06. The smallest absolute Gasteiger partial charge is 0.182 e. The molecule has 1 aliphatic heterocycles. The van der Waals surface area contributed by atoms with Crippen LogP contribution in [-0.2, 0) is 4.74 Å². The minimum absolute atomic E-state index is 0.450. The largest absolute Gasteiger partial charge is 0.394 e. The third-order valence-corrected chi connectivity index (χ3v) is 2.34. The van der Waals surface area contributed by atoms with Crippen molar-refractivity contribution in [2.75, 3.05) is 6.61 Å². The highest BCUT2D eigenvalue weighted by molar-refractivity contribution is 6.21. The van der Waals surface area contributed by atoms with Crippen molar-refractivity contribution in [3.05, 3.63) is 0 Å². The molecule has 0 aromatic carbocycles. The van der Waals surface area contributed by atoms with E-state index in [0.717, 1.165) is 0 Å². The fraction of sp³-hybridized carbons (Fsp3) is 1.00. The molecule has 1 aliphatic rings. The van der Waals surface area contributed by atoms with Crippen molar-refractivity contribution in [3.8, 4) is 0 Å². The highest BCUT2D eigenvalue weighted by Gasteiger charge is 2.42. The number of halogens is 1. The molecule has 0 saturated carbocycles. The molecule has 0 amide bonds. The second kappa shape index (κ2) is 3.87. The summed E-state index contributed by atoms with van der Waals surface area (Å²) in [5.74, 6) is 0. The zero-order chi connectivity index (χ0) is 9.30. The monoisotopic (exact) mass is 198 g/mol. The van der Waals surface area contributed by atoms with Crippen LogP contribution in [0, 0.1) is 0 Å². The Bertz CT molecular complexity index is 150. The van der Waals surface area contributed by atoms with Crippen LogP contribution in [0.2, 0.25) is 0 Å². The molecule has 0 aromatic heterocycles. The highest BCUT2D eigenvalue weighted by Crippen LogP contribution is 2.23. The SMILES string of the molecule is OCC1OC(O)C(O)C(Cl)C1O. The summed E-state index contributed by atoms with van der Waals surface area (Å²) >= 11 is 5.53. The maximum atomic E-state index is 9.24. The van der Waals surface area contributed by atoms with Crippen LogP contribution >= 0.6 is 11.6 Å². The Hall–Kier alpha value is 0.0900. The number of alkyl halides is 1. The van der Waals surface area contributed by atoms with Gasteiger partial charge in [0.25, 0.3) is 0 Å². The van der Waals surface area contributed by atoms with Gasteiger partial charge >= 0.3 is 0 Å². The van der Waals surface area contributed by atoms with Crippen molar-refractivity contribution in [3.63, 3.8) is 0 Å². The molecule has 4 N–H and O–H groups in total. The molecule has 0 aliphatic carbocycles. The molecule has 1 rings (SSSR count). The molecule has 12 heavy (non-hydrogen) atoms. The summed E-state index contributed by atoms with van der Waals surface area (Å²) in [6, 6.07) is 0. The topological polar surface area (TPSA) is 90.2 Å². The molecule has 0 radical (unpaired) electrons. The van der Waals surface area contributed by atoms with E-state index in [1.165, 1.54) is 0 Å². The molecule has 1 saturated heterocycles. The molecule has 0 bridgehead atoms. The number of ether oxygens (including phenoxy) is 1. The van der Waals surface area contributed by atoms with E-state index < -0.39 is 36.6 Å². The molecule has 0 spiro atoms. The average molecular weight is 199 g/mol. The van der Waals surface area contributed by atoms with Gasteiger partial charge in [-0.2, -0.15) is 0 Å². The summed E-state index contributed by atoms with van der Waals surface area (Å²) in [5, 5.41) is 34.9. The van der Waals surface area contributed by atoms with Crippen LogP contribution < -0.4 is 0 Å². The first-order chi connectivity index (χ1) is 5.57. The van der Waals surface area contributed by atoms with Crippen LogP contribution in [0.1, 0.15) is 0 Å². The molecule has 72 valence electrons. The van der Waals surface area contributed by atoms with Crippen molar-refractivity contribution in [1.29, 1.82) is 0 Å². The van der Waals surface area contributed by atoms with Crippen LogP contribution in [0.25, 0.3) is 0 Å². The van der Waals surface area contributed by atoms with Gasteiger partial charge < -0.3 is 25.2 Å². The zero-order valence-electron chi connectivity index (χ0n) is 6.17. The molecule has 6 heteroatoms. The summed E-state index contributed by atoms with van der Waals surface area (Å²) in [6.07, 6.45) is -4.89. The second-order valence-corrected chi connectivity index (χ2v) is 3.18. The predicted octanol–water partition coefficient (Wildman–Crippen LogP) is -1.97. The van der Waals surface area contributed by atoms with Crippen LogP contribution in [0.3, 0.4) is 0 Å². The number of hydrogen-bond donors (Lipinski definition) is 4. The molecule has 5 atom stereocenters. The Morgan fingerprint density at radius 3 is 2.25 bits per heavy atom. The summed E-state index contributed by atoms with van der Waals surface area (Å²) in [6.45, 7) is -0.450. The molecule has 5 unspecified atom stereocenters. The van der Waals surface area contributed by atoms with Gasteiger partial charge in [-0.25, -0.2) is 0 Å². The van der Waals surface area contributed by atoms with Gasteiger partial charge in [0.05, 0.1) is 12.0 Å². The van der Waals surface area contributed by atoms with Crippen LogP contribution in [0.5, 0.6) is 0 Å². The highest BCUT2D eigenvalue weighted by atomic mass is 35.5. The van der Waals surface area contributed by atoms with Crippen molar-refractivity contribution < 1.29 is 25.2 Å². The zero-order valence-corrected chi connectivity index (χ0v) is 6.92. The van der Waals surface area contributed by atoms with E-state index in [-0.39, 0.29) is 0 Å². The van der Waals surface area contributed by atoms with Gasteiger partial charge in [0, 0.05) is 0 Å². The molecule has 1 fully saturated rings. The van der Waals surface area contributed by atoms with Crippen molar-refractivity contribution in [2.24, 2.45) is 0 Å². The molecule has 0 aromatic rings. The summed E-state index contributed by atoms with van der Waals surface area (Å²) < 4.78 is 4.65. The average Bonchev–Trinajstić information content (AvgIpc) is 2.08. The molecule has 5 nitrogen and oxygen atoms in total. The fourth-order valence-corrected chi connectivity index (χ4v) is 1.34. The number of aliphatic hydroxyl groups is 4. The maximum Gasteiger partial charge on any atom is 0.182 e. The van der Waals surface area contributed by atoms with Crippen LogP contribution in [-0.4, -0.2) is 57.0 Å². The maximum absolute atomic E-state index is 9.24. The summed E-state index contributed by atoms with van der Waals surface area (Å²) in [5.41, 5.74) is 0. The van der Waals surface area contributed by atoms with E-state index in [9.17, 15) is 5.11 Å². The quantitative estimate of drug-likeness (QED) is 0.367. The van der Waals surface area contributed by atoms with Gasteiger partial charge in [0.15, 0.2) is 6.29 Å². The lowest BCUT2D eigenvalue weighted by Gasteiger charge is -2.37. The Kier molecular flexibility index (Phi) is 3.28. The first-order valence-corrected chi connectivity index (χ1v) is 3.96. The minimum atomic E-state index is -1.45. The van der Waals surface area contributed by atoms with E-state index in [4.69, 9.17) is 26.9 Å². The third kappa shape index (κ3) is 1.71. The van der Waals surface area contributed by atoms with Gasteiger partial charge in [-0.05, 0) is 0 Å². The van der Waals surface area contributed by atoms with Gasteiger partial charge in [0.2, 0.25) is 0 Å². The molecule has 1 heterocycles. The van der Waals surface area contributed by atoms with E-state index >= 15 is 0 Å². The lowest BCUT2D eigenvalue weighted by atomic mass is 10.0. The Morgan fingerprint density at radius 2 is 1.75 bits per heavy atom. The van der Waals surface area contributed by atoms with E-state index in [1.807, 2.05) is 0 Å². The number of rotatable bonds is 1. The van der Waals surface area contributed by atoms with Gasteiger partial charge in [-0.1, -0.05) is 0 Å². The number of aliphatic hydroxyl groups excluding tert-OH is 4. The summed E-state index contributed by atoms with van der Waals surface area (Å²) in [7, 11) is 0. The number of hydrogen-bond acceptors (Lipinski definition) is 5. The van der Waals surface area contributed by atoms with Crippen molar-refractivity contribution in [1.82, 2.24) is 0 Å². The Balaban J connectivity index is 2.63. The predicted molar refractivity (Wildman–Crippen MR) is 39.6 cm³/mol. The normalized spacial score (nSPS) is 49.2. The van der Waals surface area contributed by atoms with E-state index in [2.05, 4.69) is 4.74 Å². The first-order valence-electron chi connectivity index (χ1n) is 3.52. The van der Waals surface area contributed by atoms with Gasteiger partial charge in [-0.15, -0.1) is 11.6 Å². The van der Waals surface area contributed by atoms with Gasteiger partial charge in [-0.3, -0.25) is 0 Å². The second-order valence-electron chi connectivity index (χ2n) is 2.67. The lowest BCUT2D eigenvalue weighted by Crippen LogP contribution is -2.56. The van der Waals surface area contributed by atoms with E-state index in [1.54, 1.807) is 0 Å². The van der Waals surface area contributed by atoms with Crippen molar-refractivity contribution in [2.45, 2.75) is 30.0 Å². The lowest BCUT2D eigenvalue weighted by molar-refractivity contribution is -0.249.